The van der Waals surface area contributed by atoms with Gasteiger partial charge in [-0.1, -0.05) is 23.7 Å². The molecule has 0 atom stereocenters. The van der Waals surface area contributed by atoms with E-state index < -0.39 is 0 Å². The van der Waals surface area contributed by atoms with Crippen molar-refractivity contribution in [3.63, 3.8) is 0 Å². The largest absolute Gasteiger partial charge is 0.486 e. The number of aromatic nitrogens is 2. The van der Waals surface area contributed by atoms with Crippen LogP contribution in [-0.2, 0) is 6.61 Å². The van der Waals surface area contributed by atoms with Crippen molar-refractivity contribution in [1.82, 2.24) is 9.97 Å². The van der Waals surface area contributed by atoms with Crippen LogP contribution in [0.5, 0.6) is 5.75 Å². The Balaban J connectivity index is 2.02. The van der Waals surface area contributed by atoms with Gasteiger partial charge in [-0.15, -0.1) is 0 Å². The summed E-state index contributed by atoms with van der Waals surface area (Å²) < 4.78 is 6.48. The zero-order chi connectivity index (χ0) is 11.4. The second kappa shape index (κ2) is 5.27. The van der Waals surface area contributed by atoms with E-state index in [1.807, 2.05) is 24.3 Å². The van der Waals surface area contributed by atoms with Crippen LogP contribution >= 0.6 is 27.5 Å². The molecular formula is C11H8BrClN2O. The second-order valence-corrected chi connectivity index (χ2v) is 4.29. The Morgan fingerprint density at radius 3 is 2.69 bits per heavy atom. The summed E-state index contributed by atoms with van der Waals surface area (Å²) in [5.41, 5.74) is 0.736. The van der Waals surface area contributed by atoms with E-state index in [1.165, 1.54) is 6.20 Å². The third-order valence-corrected chi connectivity index (χ3v) is 2.74. The van der Waals surface area contributed by atoms with Crippen molar-refractivity contribution in [2.45, 2.75) is 6.61 Å². The van der Waals surface area contributed by atoms with Gasteiger partial charge in [-0.05, 0) is 28.1 Å². The highest BCUT2D eigenvalue weighted by molar-refractivity contribution is 9.10. The standard InChI is InChI=1S/C11H8BrClN2O/c12-9-3-1-2-4-10(9)16-7-8-5-15-11(13)6-14-8/h1-6H,7H2. The molecule has 1 aromatic heterocycles. The normalized spacial score (nSPS) is 10.1. The van der Waals surface area contributed by atoms with Crippen molar-refractivity contribution in [2.24, 2.45) is 0 Å². The van der Waals surface area contributed by atoms with Gasteiger partial charge in [0, 0.05) is 0 Å². The first kappa shape index (κ1) is 11.4. The van der Waals surface area contributed by atoms with Crippen LogP contribution in [-0.4, -0.2) is 9.97 Å². The van der Waals surface area contributed by atoms with Gasteiger partial charge < -0.3 is 4.74 Å². The number of para-hydroxylation sites is 1. The van der Waals surface area contributed by atoms with E-state index >= 15 is 0 Å². The maximum absolute atomic E-state index is 5.63. The zero-order valence-electron chi connectivity index (χ0n) is 8.23. The molecule has 1 aromatic carbocycles. The molecule has 2 rings (SSSR count). The summed E-state index contributed by atoms with van der Waals surface area (Å²) in [7, 11) is 0. The van der Waals surface area contributed by atoms with Crippen LogP contribution in [0.1, 0.15) is 5.69 Å². The van der Waals surface area contributed by atoms with Crippen LogP contribution in [0.3, 0.4) is 0 Å². The van der Waals surface area contributed by atoms with Crippen molar-refractivity contribution in [1.29, 1.82) is 0 Å². The average Bonchev–Trinajstić information content (AvgIpc) is 2.30. The molecule has 0 aliphatic rings. The molecule has 5 heteroatoms. The Morgan fingerprint density at radius 2 is 2.00 bits per heavy atom. The van der Waals surface area contributed by atoms with Crippen LogP contribution in [0.25, 0.3) is 0 Å². The molecule has 0 fully saturated rings. The van der Waals surface area contributed by atoms with E-state index in [4.69, 9.17) is 16.3 Å². The Hall–Kier alpha value is -1.13. The summed E-state index contributed by atoms with van der Waals surface area (Å²) in [5.74, 6) is 0.777. The highest BCUT2D eigenvalue weighted by atomic mass is 79.9. The molecule has 0 bridgehead atoms. The molecule has 0 unspecified atom stereocenters. The predicted molar refractivity (Wildman–Crippen MR) is 65.5 cm³/mol. The summed E-state index contributed by atoms with van der Waals surface area (Å²) in [6.07, 6.45) is 3.10. The van der Waals surface area contributed by atoms with E-state index in [-0.39, 0.29) is 0 Å². The number of hydrogen-bond acceptors (Lipinski definition) is 3. The van der Waals surface area contributed by atoms with Crippen LogP contribution in [0.4, 0.5) is 0 Å². The lowest BCUT2D eigenvalue weighted by Gasteiger charge is -2.06. The van der Waals surface area contributed by atoms with E-state index in [0.717, 1.165) is 15.9 Å². The first-order valence-corrected chi connectivity index (χ1v) is 5.76. The lowest BCUT2D eigenvalue weighted by molar-refractivity contribution is 0.299. The van der Waals surface area contributed by atoms with E-state index in [9.17, 15) is 0 Å². The van der Waals surface area contributed by atoms with Crippen LogP contribution in [0, 0.1) is 0 Å². The van der Waals surface area contributed by atoms with Gasteiger partial charge in [0.05, 0.1) is 22.6 Å². The smallest absolute Gasteiger partial charge is 0.147 e. The molecule has 0 aliphatic carbocycles. The minimum atomic E-state index is 0.368. The van der Waals surface area contributed by atoms with Crippen LogP contribution in [0.15, 0.2) is 41.1 Å². The van der Waals surface area contributed by atoms with Gasteiger partial charge in [0.15, 0.2) is 0 Å². The van der Waals surface area contributed by atoms with Crippen molar-refractivity contribution in [3.8, 4) is 5.75 Å². The SMILES string of the molecule is Clc1cnc(COc2ccccc2Br)cn1. The maximum atomic E-state index is 5.63. The molecule has 82 valence electrons. The number of hydrogen-bond donors (Lipinski definition) is 0. The second-order valence-electron chi connectivity index (χ2n) is 3.05. The number of nitrogens with zero attached hydrogens (tertiary/aromatic N) is 2. The van der Waals surface area contributed by atoms with E-state index in [0.29, 0.717) is 11.8 Å². The average molecular weight is 300 g/mol. The van der Waals surface area contributed by atoms with Gasteiger partial charge in [0.2, 0.25) is 0 Å². The lowest BCUT2D eigenvalue weighted by atomic mass is 10.3. The summed E-state index contributed by atoms with van der Waals surface area (Å²) in [4.78, 5) is 8.01. The Morgan fingerprint density at radius 1 is 1.19 bits per heavy atom. The van der Waals surface area contributed by atoms with Gasteiger partial charge in [0.25, 0.3) is 0 Å². The molecule has 0 aliphatic heterocycles. The van der Waals surface area contributed by atoms with Gasteiger partial charge in [-0.25, -0.2) is 4.98 Å². The van der Waals surface area contributed by atoms with Gasteiger partial charge in [-0.3, -0.25) is 4.98 Å². The summed E-state index contributed by atoms with van der Waals surface area (Å²) in [5, 5.41) is 0.379. The fourth-order valence-electron chi connectivity index (χ4n) is 1.13. The highest BCUT2D eigenvalue weighted by Crippen LogP contribution is 2.24. The van der Waals surface area contributed by atoms with Crippen molar-refractivity contribution in [3.05, 3.63) is 52.0 Å². The van der Waals surface area contributed by atoms with Gasteiger partial charge in [-0.2, -0.15) is 0 Å². The molecule has 3 nitrogen and oxygen atoms in total. The molecular weight excluding hydrogens is 291 g/mol. The first-order chi connectivity index (χ1) is 7.75. The fourth-order valence-corrected chi connectivity index (χ4v) is 1.62. The zero-order valence-corrected chi connectivity index (χ0v) is 10.6. The molecule has 0 saturated heterocycles. The van der Waals surface area contributed by atoms with Crippen LogP contribution < -0.4 is 4.74 Å². The number of halogens is 2. The summed E-state index contributed by atoms with van der Waals surface area (Å²) in [6, 6.07) is 7.64. The number of rotatable bonds is 3. The van der Waals surface area contributed by atoms with E-state index in [1.54, 1.807) is 6.20 Å². The fraction of sp³-hybridized carbons (Fsp3) is 0.0909. The van der Waals surface area contributed by atoms with Crippen molar-refractivity contribution in [2.75, 3.05) is 0 Å². The highest BCUT2D eigenvalue weighted by Gasteiger charge is 2.01. The van der Waals surface area contributed by atoms with Gasteiger partial charge >= 0.3 is 0 Å². The maximum Gasteiger partial charge on any atom is 0.147 e. The Labute approximate surface area is 107 Å². The Bertz CT molecular complexity index is 476. The third kappa shape index (κ3) is 2.93. The third-order valence-electron chi connectivity index (χ3n) is 1.89. The van der Waals surface area contributed by atoms with Crippen molar-refractivity contribution < 1.29 is 4.74 Å². The first-order valence-electron chi connectivity index (χ1n) is 4.59. The predicted octanol–water partition coefficient (Wildman–Crippen LogP) is 3.47. The number of ether oxygens (including phenoxy) is 1. The van der Waals surface area contributed by atoms with Crippen LogP contribution in [0.2, 0.25) is 5.15 Å². The molecule has 0 saturated carbocycles. The van der Waals surface area contributed by atoms with Crippen molar-refractivity contribution >= 4 is 27.5 Å². The molecule has 2 aromatic rings. The molecule has 0 spiro atoms. The summed E-state index contributed by atoms with van der Waals surface area (Å²) in [6.45, 7) is 0.368. The quantitative estimate of drug-likeness (QED) is 0.870. The molecule has 0 N–H and O–H groups in total. The van der Waals surface area contributed by atoms with Gasteiger partial charge in [0.1, 0.15) is 17.5 Å². The molecule has 1 heterocycles. The monoisotopic (exact) mass is 298 g/mol. The molecule has 0 radical (unpaired) electrons. The minimum Gasteiger partial charge on any atom is -0.486 e. The number of benzene rings is 1. The lowest BCUT2D eigenvalue weighted by Crippen LogP contribution is -1.99. The summed E-state index contributed by atoms with van der Waals surface area (Å²) >= 11 is 9.03. The Kier molecular flexibility index (Phi) is 3.74. The molecule has 0 amide bonds. The molecule has 16 heavy (non-hydrogen) atoms. The minimum absolute atomic E-state index is 0.368. The van der Waals surface area contributed by atoms with E-state index in [2.05, 4.69) is 25.9 Å². The topological polar surface area (TPSA) is 35.0 Å².